The summed E-state index contributed by atoms with van der Waals surface area (Å²) in [7, 11) is 0. The number of rotatable bonds is 4. The molecule has 0 aromatic heterocycles. The van der Waals surface area contributed by atoms with Crippen LogP contribution in [0, 0.1) is 23.2 Å². The second-order valence-electron chi connectivity index (χ2n) is 7.30. The molecule has 104 valence electrons. The Hall–Kier alpha value is -0.570. The minimum Gasteiger partial charge on any atom is -0.391 e. The highest BCUT2D eigenvalue weighted by molar-refractivity contribution is 5.82. The Morgan fingerprint density at radius 1 is 1.28 bits per heavy atom. The van der Waals surface area contributed by atoms with Crippen molar-refractivity contribution in [3.63, 3.8) is 0 Å². The molecule has 0 aromatic rings. The van der Waals surface area contributed by atoms with Crippen LogP contribution in [0.4, 0.5) is 0 Å². The van der Waals surface area contributed by atoms with Gasteiger partial charge in [0.1, 0.15) is 0 Å². The third kappa shape index (κ3) is 3.47. The van der Waals surface area contributed by atoms with E-state index in [0.717, 1.165) is 6.42 Å². The topological polar surface area (TPSA) is 49.3 Å². The predicted octanol–water partition coefficient (Wildman–Crippen LogP) is 2.34. The maximum absolute atomic E-state index is 12.0. The Morgan fingerprint density at radius 3 is 2.33 bits per heavy atom. The third-order valence-electron chi connectivity index (χ3n) is 4.32. The lowest BCUT2D eigenvalue weighted by molar-refractivity contribution is -0.123. The molecule has 3 heteroatoms. The van der Waals surface area contributed by atoms with E-state index in [9.17, 15) is 9.90 Å². The molecule has 2 N–H and O–H groups in total. The first-order valence-electron chi connectivity index (χ1n) is 7.34. The molecule has 0 aliphatic heterocycles. The van der Waals surface area contributed by atoms with Crippen molar-refractivity contribution in [3.8, 4) is 0 Å². The molecule has 2 rings (SSSR count). The summed E-state index contributed by atoms with van der Waals surface area (Å²) < 4.78 is 0. The van der Waals surface area contributed by atoms with E-state index in [0.29, 0.717) is 18.4 Å². The molecule has 3 atom stereocenters. The number of aliphatic hydroxyl groups excluding tert-OH is 1. The minimum atomic E-state index is -0.422. The molecule has 0 radical (unpaired) electrons. The lowest BCUT2D eigenvalue weighted by atomic mass is 9.89. The highest BCUT2D eigenvalue weighted by Gasteiger charge is 2.54. The Labute approximate surface area is 110 Å². The first kappa shape index (κ1) is 13.9. The maximum Gasteiger partial charge on any atom is 0.223 e. The van der Waals surface area contributed by atoms with Crippen molar-refractivity contribution >= 4 is 5.91 Å². The van der Waals surface area contributed by atoms with Gasteiger partial charge in [-0.1, -0.05) is 33.6 Å². The molecule has 0 saturated heterocycles. The van der Waals surface area contributed by atoms with Crippen molar-refractivity contribution < 1.29 is 9.90 Å². The Bertz CT molecular complexity index is 296. The number of amides is 1. The fraction of sp³-hybridized carbons (Fsp3) is 0.933. The normalized spacial score (nSPS) is 32.6. The first-order chi connectivity index (χ1) is 8.38. The summed E-state index contributed by atoms with van der Waals surface area (Å²) in [6.45, 7) is 6.72. The van der Waals surface area contributed by atoms with Crippen LogP contribution in [0.2, 0.25) is 0 Å². The Kier molecular flexibility index (Phi) is 4.00. The highest BCUT2D eigenvalue weighted by atomic mass is 16.3. The van der Waals surface area contributed by atoms with Crippen molar-refractivity contribution in [2.45, 2.75) is 59.0 Å². The van der Waals surface area contributed by atoms with Gasteiger partial charge in [0.2, 0.25) is 5.91 Å². The molecule has 3 unspecified atom stereocenters. The van der Waals surface area contributed by atoms with Crippen LogP contribution in [0.1, 0.15) is 52.9 Å². The van der Waals surface area contributed by atoms with Gasteiger partial charge in [0.15, 0.2) is 0 Å². The van der Waals surface area contributed by atoms with Gasteiger partial charge in [0, 0.05) is 12.5 Å². The fourth-order valence-corrected chi connectivity index (χ4v) is 3.50. The monoisotopic (exact) mass is 253 g/mol. The zero-order chi connectivity index (χ0) is 13.3. The Morgan fingerprint density at radius 2 is 1.83 bits per heavy atom. The van der Waals surface area contributed by atoms with Crippen molar-refractivity contribution in [3.05, 3.63) is 0 Å². The van der Waals surface area contributed by atoms with E-state index in [1.54, 1.807) is 0 Å². The molecule has 3 nitrogen and oxygen atoms in total. The maximum atomic E-state index is 12.0. The van der Waals surface area contributed by atoms with Gasteiger partial charge >= 0.3 is 0 Å². The summed E-state index contributed by atoms with van der Waals surface area (Å²) >= 11 is 0. The van der Waals surface area contributed by atoms with Crippen molar-refractivity contribution in [1.82, 2.24) is 5.32 Å². The van der Waals surface area contributed by atoms with Gasteiger partial charge in [-0.15, -0.1) is 0 Å². The molecule has 2 aliphatic rings. The second-order valence-corrected chi connectivity index (χ2v) is 7.30. The molecule has 0 bridgehead atoms. The number of aliphatic hydroxyl groups is 1. The van der Waals surface area contributed by atoms with E-state index in [1.807, 2.05) is 0 Å². The molecule has 18 heavy (non-hydrogen) atoms. The van der Waals surface area contributed by atoms with Gasteiger partial charge in [0.05, 0.1) is 6.10 Å². The number of carbonyl (C=O) groups is 1. The quantitative estimate of drug-likeness (QED) is 0.808. The standard InChI is InChI=1S/C15H27NO2/c1-15(2,3)8-10(17)9-16-14(18)13-11-6-4-5-7-12(11)13/h10-13,17H,4-9H2,1-3H3,(H,16,18). The smallest absolute Gasteiger partial charge is 0.223 e. The third-order valence-corrected chi connectivity index (χ3v) is 4.32. The summed E-state index contributed by atoms with van der Waals surface area (Å²) in [6, 6.07) is 0. The summed E-state index contributed by atoms with van der Waals surface area (Å²) in [5, 5.41) is 12.8. The number of carbonyl (C=O) groups excluding carboxylic acids is 1. The van der Waals surface area contributed by atoms with Crippen LogP contribution in [0.3, 0.4) is 0 Å². The second kappa shape index (κ2) is 5.20. The lowest BCUT2D eigenvalue weighted by Crippen LogP contribution is -2.35. The van der Waals surface area contributed by atoms with Crippen LogP contribution in [0.15, 0.2) is 0 Å². The SMILES string of the molecule is CC(C)(C)CC(O)CNC(=O)C1C2CCCCC21. The summed E-state index contributed by atoms with van der Waals surface area (Å²) in [4.78, 5) is 12.0. The van der Waals surface area contributed by atoms with E-state index in [-0.39, 0.29) is 17.2 Å². The van der Waals surface area contributed by atoms with E-state index >= 15 is 0 Å². The minimum absolute atomic E-state index is 0.109. The van der Waals surface area contributed by atoms with E-state index in [2.05, 4.69) is 26.1 Å². The summed E-state index contributed by atoms with van der Waals surface area (Å²) in [6.07, 6.45) is 5.34. The van der Waals surface area contributed by atoms with Gasteiger partial charge in [-0.2, -0.15) is 0 Å². The van der Waals surface area contributed by atoms with Gasteiger partial charge in [-0.05, 0) is 36.5 Å². The molecule has 0 aromatic carbocycles. The van der Waals surface area contributed by atoms with Crippen molar-refractivity contribution in [2.75, 3.05) is 6.54 Å². The number of nitrogens with one attached hydrogen (secondary N) is 1. The molecular weight excluding hydrogens is 226 g/mol. The summed E-state index contributed by atoms with van der Waals surface area (Å²) in [5.41, 5.74) is 0.109. The van der Waals surface area contributed by atoms with E-state index in [1.165, 1.54) is 25.7 Å². The molecule has 2 aliphatic carbocycles. The van der Waals surface area contributed by atoms with Crippen LogP contribution in [0.25, 0.3) is 0 Å². The van der Waals surface area contributed by atoms with Gasteiger partial charge < -0.3 is 10.4 Å². The predicted molar refractivity (Wildman–Crippen MR) is 72.0 cm³/mol. The van der Waals surface area contributed by atoms with Crippen LogP contribution in [-0.2, 0) is 4.79 Å². The van der Waals surface area contributed by atoms with Crippen molar-refractivity contribution in [1.29, 1.82) is 0 Å². The van der Waals surface area contributed by atoms with Crippen LogP contribution in [0.5, 0.6) is 0 Å². The average Bonchev–Trinajstić information content (AvgIpc) is 2.97. The Balaban J connectivity index is 1.69. The average molecular weight is 253 g/mol. The summed E-state index contributed by atoms with van der Waals surface area (Å²) in [5.74, 6) is 1.74. The molecule has 1 amide bonds. The number of hydrogen-bond acceptors (Lipinski definition) is 2. The van der Waals surface area contributed by atoms with Crippen LogP contribution in [-0.4, -0.2) is 23.7 Å². The first-order valence-corrected chi connectivity index (χ1v) is 7.34. The largest absolute Gasteiger partial charge is 0.391 e. The van der Waals surface area contributed by atoms with Crippen LogP contribution >= 0.6 is 0 Å². The molecule has 0 spiro atoms. The number of hydrogen-bond donors (Lipinski definition) is 2. The van der Waals surface area contributed by atoms with Crippen molar-refractivity contribution in [2.24, 2.45) is 23.2 Å². The number of fused-ring (bicyclic) bond motifs is 1. The van der Waals surface area contributed by atoms with Gasteiger partial charge in [-0.3, -0.25) is 4.79 Å². The lowest BCUT2D eigenvalue weighted by Gasteiger charge is -2.22. The molecule has 2 saturated carbocycles. The van der Waals surface area contributed by atoms with Gasteiger partial charge in [-0.25, -0.2) is 0 Å². The highest BCUT2D eigenvalue weighted by Crippen LogP contribution is 2.55. The van der Waals surface area contributed by atoms with E-state index in [4.69, 9.17) is 0 Å². The fourth-order valence-electron chi connectivity index (χ4n) is 3.50. The van der Waals surface area contributed by atoms with Crippen LogP contribution < -0.4 is 5.32 Å². The molecular formula is C15H27NO2. The molecule has 0 heterocycles. The zero-order valence-electron chi connectivity index (χ0n) is 11.9. The zero-order valence-corrected chi connectivity index (χ0v) is 11.9. The molecule has 2 fully saturated rings. The van der Waals surface area contributed by atoms with Gasteiger partial charge in [0.25, 0.3) is 0 Å². The van der Waals surface area contributed by atoms with E-state index < -0.39 is 6.10 Å².